The van der Waals surface area contributed by atoms with Crippen LogP contribution < -0.4 is 5.32 Å². The van der Waals surface area contributed by atoms with E-state index in [1.54, 1.807) is 6.20 Å². The number of likely N-dealkylation sites (N-methyl/N-ethyl adjacent to an activating group) is 1. The normalized spacial score (nSPS) is 19.9. The highest BCUT2D eigenvalue weighted by atomic mass is 16.2. The first-order chi connectivity index (χ1) is 9.31. The monoisotopic (exact) mass is 264 g/mol. The van der Waals surface area contributed by atoms with Crippen LogP contribution in [0.5, 0.6) is 0 Å². The van der Waals surface area contributed by atoms with Gasteiger partial charge in [0.25, 0.3) is 0 Å². The molecule has 0 radical (unpaired) electrons. The molecule has 1 amide bonds. The number of nitrogens with one attached hydrogen (secondary N) is 1. The standard InChI is InChI=1S/C14H24N4O/c1-2-16-13-6-5-10-18(14(13)19)9-4-3-8-17-11-7-15-12-17/h7,11-13,16H,2-6,8-10H2,1H3. The van der Waals surface area contributed by atoms with E-state index in [9.17, 15) is 4.79 Å². The lowest BCUT2D eigenvalue weighted by Crippen LogP contribution is -2.50. The summed E-state index contributed by atoms with van der Waals surface area (Å²) in [5, 5.41) is 3.27. The number of carbonyl (C=O) groups excluding carboxylic acids is 1. The Balaban J connectivity index is 1.68. The Labute approximate surface area is 115 Å². The number of unbranched alkanes of at least 4 members (excludes halogenated alkanes) is 1. The van der Waals surface area contributed by atoms with Gasteiger partial charge in [0.2, 0.25) is 5.91 Å². The Kier molecular flexibility index (Phi) is 5.39. The molecule has 1 aliphatic rings. The highest BCUT2D eigenvalue weighted by molar-refractivity contribution is 5.82. The summed E-state index contributed by atoms with van der Waals surface area (Å²) in [5.74, 6) is 0.288. The number of carbonyl (C=O) groups is 1. The second kappa shape index (κ2) is 7.28. The van der Waals surface area contributed by atoms with Crippen molar-refractivity contribution in [1.82, 2.24) is 19.8 Å². The Bertz CT molecular complexity index is 375. The first-order valence-corrected chi connectivity index (χ1v) is 7.29. The van der Waals surface area contributed by atoms with E-state index in [1.165, 1.54) is 0 Å². The van der Waals surface area contributed by atoms with Crippen molar-refractivity contribution in [2.45, 2.75) is 45.2 Å². The maximum atomic E-state index is 12.2. The van der Waals surface area contributed by atoms with Gasteiger partial charge in [-0.05, 0) is 32.2 Å². The predicted octanol–water partition coefficient (Wildman–Crippen LogP) is 1.26. The minimum atomic E-state index is 0.0485. The highest BCUT2D eigenvalue weighted by Crippen LogP contribution is 2.12. The summed E-state index contributed by atoms with van der Waals surface area (Å²) < 4.78 is 2.08. The molecule has 1 aromatic heterocycles. The molecule has 1 aliphatic heterocycles. The molecule has 19 heavy (non-hydrogen) atoms. The molecule has 1 fully saturated rings. The van der Waals surface area contributed by atoms with Crippen LogP contribution in [0.1, 0.15) is 32.6 Å². The Morgan fingerprint density at radius 2 is 2.26 bits per heavy atom. The lowest BCUT2D eigenvalue weighted by molar-refractivity contribution is -0.136. The summed E-state index contributed by atoms with van der Waals surface area (Å²) >= 11 is 0. The minimum absolute atomic E-state index is 0.0485. The number of rotatable bonds is 7. The molecule has 5 nitrogen and oxygen atoms in total. The molecule has 1 N–H and O–H groups in total. The molecule has 0 saturated carbocycles. The van der Waals surface area contributed by atoms with Crippen molar-refractivity contribution >= 4 is 5.91 Å². The van der Waals surface area contributed by atoms with Gasteiger partial charge in [-0.3, -0.25) is 4.79 Å². The number of hydrogen-bond donors (Lipinski definition) is 1. The second-order valence-corrected chi connectivity index (χ2v) is 5.09. The van der Waals surface area contributed by atoms with E-state index in [1.807, 2.05) is 17.4 Å². The molecule has 2 heterocycles. The van der Waals surface area contributed by atoms with Gasteiger partial charge in [-0.2, -0.15) is 0 Å². The molecule has 0 bridgehead atoms. The van der Waals surface area contributed by atoms with Crippen molar-refractivity contribution in [3.8, 4) is 0 Å². The number of hydrogen-bond acceptors (Lipinski definition) is 3. The molecule has 2 rings (SSSR count). The van der Waals surface area contributed by atoms with E-state index in [0.717, 1.165) is 51.9 Å². The third-order valence-electron chi connectivity index (χ3n) is 3.63. The number of piperidine rings is 1. The van der Waals surface area contributed by atoms with Crippen LogP contribution in [-0.2, 0) is 11.3 Å². The first-order valence-electron chi connectivity index (χ1n) is 7.29. The molecule has 1 unspecified atom stereocenters. The van der Waals surface area contributed by atoms with Crippen LogP contribution in [0.15, 0.2) is 18.7 Å². The quantitative estimate of drug-likeness (QED) is 0.754. The van der Waals surface area contributed by atoms with Gasteiger partial charge in [0.05, 0.1) is 12.4 Å². The molecule has 1 aromatic rings. The van der Waals surface area contributed by atoms with Gasteiger partial charge in [-0.15, -0.1) is 0 Å². The summed E-state index contributed by atoms with van der Waals surface area (Å²) in [5.41, 5.74) is 0. The molecule has 0 aliphatic carbocycles. The number of aromatic nitrogens is 2. The van der Waals surface area contributed by atoms with Gasteiger partial charge in [0.1, 0.15) is 0 Å². The van der Waals surface area contributed by atoms with Gasteiger partial charge in [0, 0.05) is 32.0 Å². The fourth-order valence-electron chi connectivity index (χ4n) is 2.61. The van der Waals surface area contributed by atoms with Crippen molar-refractivity contribution in [2.24, 2.45) is 0 Å². The van der Waals surface area contributed by atoms with Gasteiger partial charge >= 0.3 is 0 Å². The Morgan fingerprint density at radius 3 is 3.00 bits per heavy atom. The van der Waals surface area contributed by atoms with Gasteiger partial charge in [-0.25, -0.2) is 4.98 Å². The molecule has 1 atom stereocenters. The number of amides is 1. The van der Waals surface area contributed by atoms with E-state index < -0.39 is 0 Å². The number of likely N-dealkylation sites (tertiary alicyclic amines) is 1. The molecular formula is C14H24N4O. The molecule has 0 aromatic carbocycles. The third-order valence-corrected chi connectivity index (χ3v) is 3.63. The van der Waals surface area contributed by atoms with Crippen LogP contribution in [0.2, 0.25) is 0 Å². The third kappa shape index (κ3) is 4.06. The summed E-state index contributed by atoms with van der Waals surface area (Å²) in [4.78, 5) is 18.2. The lowest BCUT2D eigenvalue weighted by atomic mass is 10.0. The van der Waals surface area contributed by atoms with Gasteiger partial charge in [-0.1, -0.05) is 6.92 Å². The Morgan fingerprint density at radius 1 is 1.42 bits per heavy atom. The van der Waals surface area contributed by atoms with E-state index in [2.05, 4.69) is 21.8 Å². The lowest BCUT2D eigenvalue weighted by Gasteiger charge is -2.32. The molecular weight excluding hydrogens is 240 g/mol. The molecule has 0 spiro atoms. The summed E-state index contributed by atoms with van der Waals surface area (Å²) in [7, 11) is 0. The minimum Gasteiger partial charge on any atom is -0.341 e. The van der Waals surface area contributed by atoms with Crippen LogP contribution in [-0.4, -0.2) is 46.0 Å². The SMILES string of the molecule is CCNC1CCCN(CCCCn2ccnc2)C1=O. The average Bonchev–Trinajstić information content (AvgIpc) is 2.92. The zero-order valence-corrected chi connectivity index (χ0v) is 11.7. The van der Waals surface area contributed by atoms with Crippen molar-refractivity contribution in [2.75, 3.05) is 19.6 Å². The van der Waals surface area contributed by atoms with Gasteiger partial charge < -0.3 is 14.8 Å². The highest BCUT2D eigenvalue weighted by Gasteiger charge is 2.27. The van der Waals surface area contributed by atoms with Crippen LogP contribution in [0.25, 0.3) is 0 Å². The zero-order valence-electron chi connectivity index (χ0n) is 11.7. The first kappa shape index (κ1) is 14.1. The largest absolute Gasteiger partial charge is 0.341 e. The van der Waals surface area contributed by atoms with Crippen molar-refractivity contribution in [3.05, 3.63) is 18.7 Å². The Hall–Kier alpha value is -1.36. The second-order valence-electron chi connectivity index (χ2n) is 5.09. The predicted molar refractivity (Wildman–Crippen MR) is 74.7 cm³/mol. The maximum Gasteiger partial charge on any atom is 0.239 e. The van der Waals surface area contributed by atoms with Crippen molar-refractivity contribution < 1.29 is 4.79 Å². The van der Waals surface area contributed by atoms with Crippen LogP contribution in [0.4, 0.5) is 0 Å². The van der Waals surface area contributed by atoms with Crippen LogP contribution >= 0.6 is 0 Å². The number of aryl methyl sites for hydroxylation is 1. The molecule has 5 heteroatoms. The summed E-state index contributed by atoms with van der Waals surface area (Å²) in [6.45, 7) is 5.71. The fraction of sp³-hybridized carbons (Fsp3) is 0.714. The van der Waals surface area contributed by atoms with Crippen molar-refractivity contribution in [1.29, 1.82) is 0 Å². The fourth-order valence-corrected chi connectivity index (χ4v) is 2.61. The van der Waals surface area contributed by atoms with Crippen molar-refractivity contribution in [3.63, 3.8) is 0 Å². The van der Waals surface area contributed by atoms with Crippen LogP contribution in [0, 0.1) is 0 Å². The maximum absolute atomic E-state index is 12.2. The van der Waals surface area contributed by atoms with Gasteiger partial charge in [0.15, 0.2) is 0 Å². The topological polar surface area (TPSA) is 50.2 Å². The molecule has 106 valence electrons. The number of imidazole rings is 1. The van der Waals surface area contributed by atoms with E-state index in [-0.39, 0.29) is 11.9 Å². The average molecular weight is 264 g/mol. The molecule has 1 saturated heterocycles. The summed E-state index contributed by atoms with van der Waals surface area (Å²) in [6.07, 6.45) is 9.87. The number of nitrogens with zero attached hydrogens (tertiary/aromatic N) is 3. The van der Waals surface area contributed by atoms with E-state index in [0.29, 0.717) is 0 Å². The summed E-state index contributed by atoms with van der Waals surface area (Å²) in [6, 6.07) is 0.0485. The van der Waals surface area contributed by atoms with Crippen LogP contribution in [0.3, 0.4) is 0 Å². The van der Waals surface area contributed by atoms with E-state index >= 15 is 0 Å². The smallest absolute Gasteiger partial charge is 0.239 e. The zero-order chi connectivity index (χ0) is 13.5. The van der Waals surface area contributed by atoms with E-state index in [4.69, 9.17) is 0 Å².